The summed E-state index contributed by atoms with van der Waals surface area (Å²) in [7, 11) is 0.431. The monoisotopic (exact) mass is 306 g/mol. The number of carbonyl (C=O) groups is 1. The van der Waals surface area contributed by atoms with E-state index in [9.17, 15) is 14.1 Å². The second-order valence-corrected chi connectivity index (χ2v) is 6.54. The molecule has 0 spiro atoms. The van der Waals surface area contributed by atoms with Crippen LogP contribution in [0.5, 0.6) is 0 Å². The van der Waals surface area contributed by atoms with E-state index in [1.54, 1.807) is 6.20 Å². The molecule has 0 aliphatic heterocycles. The predicted octanol–water partition coefficient (Wildman–Crippen LogP) is 1.41. The van der Waals surface area contributed by atoms with E-state index in [1.807, 2.05) is 48.1 Å². The van der Waals surface area contributed by atoms with Gasteiger partial charge in [0.15, 0.2) is 0 Å². The molecule has 0 bridgehead atoms. The molecule has 0 aliphatic carbocycles. The van der Waals surface area contributed by atoms with Crippen molar-refractivity contribution in [2.24, 2.45) is 7.05 Å². The third kappa shape index (κ3) is 4.26. The molecule has 0 saturated carbocycles. The Hall–Kier alpha value is -1.95. The summed E-state index contributed by atoms with van der Waals surface area (Å²) in [5.41, 5.74) is 0.884. The first kappa shape index (κ1) is 15.4. The van der Waals surface area contributed by atoms with Crippen LogP contribution in [0, 0.1) is 0 Å². The van der Waals surface area contributed by atoms with Crippen molar-refractivity contribution in [1.82, 2.24) is 9.55 Å². The summed E-state index contributed by atoms with van der Waals surface area (Å²) >= 11 is 0. The van der Waals surface area contributed by atoms with Crippen molar-refractivity contribution in [1.29, 1.82) is 0 Å². The lowest BCUT2D eigenvalue weighted by Crippen LogP contribution is -2.30. The summed E-state index contributed by atoms with van der Waals surface area (Å²) in [6.07, 6.45) is 4.28. The highest BCUT2D eigenvalue weighted by Gasteiger charge is 2.25. The molecule has 1 heterocycles. The summed E-state index contributed by atoms with van der Waals surface area (Å²) < 4.78 is 14.1. The lowest BCUT2D eigenvalue weighted by molar-refractivity contribution is -0.136. The van der Waals surface area contributed by atoms with Crippen molar-refractivity contribution < 1.29 is 14.1 Å². The fourth-order valence-electron chi connectivity index (χ4n) is 2.09. The van der Waals surface area contributed by atoms with Crippen molar-refractivity contribution in [2.45, 2.75) is 18.1 Å². The standard InChI is InChI=1S/C15H18N2O3S/c1-17-9-8-16-14(17)7-10-21(20)13(15(18)19)11-12-5-3-2-4-6-12/h2-6,8-9,13H,7,10-11H2,1H3,(H,18,19). The van der Waals surface area contributed by atoms with Gasteiger partial charge in [-0.2, -0.15) is 0 Å². The van der Waals surface area contributed by atoms with Crippen LogP contribution in [0.25, 0.3) is 0 Å². The van der Waals surface area contributed by atoms with Crippen LogP contribution in [0.3, 0.4) is 0 Å². The van der Waals surface area contributed by atoms with Gasteiger partial charge in [-0.15, -0.1) is 0 Å². The van der Waals surface area contributed by atoms with Gasteiger partial charge in [-0.05, 0) is 12.0 Å². The van der Waals surface area contributed by atoms with Gasteiger partial charge in [0.2, 0.25) is 0 Å². The molecule has 0 saturated heterocycles. The molecule has 0 radical (unpaired) electrons. The Kier molecular flexibility index (Phi) is 5.27. The van der Waals surface area contributed by atoms with Crippen LogP contribution in [-0.2, 0) is 35.5 Å². The Morgan fingerprint density at radius 2 is 2.10 bits per heavy atom. The number of hydrogen-bond donors (Lipinski definition) is 1. The van der Waals surface area contributed by atoms with E-state index in [0.29, 0.717) is 12.2 Å². The van der Waals surface area contributed by atoms with Crippen LogP contribution in [-0.4, -0.2) is 35.8 Å². The van der Waals surface area contributed by atoms with Crippen LogP contribution in [0.4, 0.5) is 0 Å². The first-order valence-corrected chi connectivity index (χ1v) is 8.06. The minimum Gasteiger partial charge on any atom is -0.480 e. The maximum atomic E-state index is 12.3. The number of imidazole rings is 1. The molecule has 6 heteroatoms. The molecule has 2 aromatic rings. The maximum Gasteiger partial charge on any atom is 0.319 e. The molecular weight excluding hydrogens is 288 g/mol. The Morgan fingerprint density at radius 3 is 2.67 bits per heavy atom. The molecule has 0 fully saturated rings. The van der Waals surface area contributed by atoms with E-state index >= 15 is 0 Å². The van der Waals surface area contributed by atoms with Gasteiger partial charge in [0.1, 0.15) is 11.1 Å². The SMILES string of the molecule is Cn1ccnc1CCS(=O)C(Cc1ccccc1)C(=O)O. The number of carboxylic acid groups (broad SMARTS) is 1. The number of aryl methyl sites for hydroxylation is 2. The molecule has 0 amide bonds. The van der Waals surface area contributed by atoms with Gasteiger partial charge >= 0.3 is 5.97 Å². The molecule has 1 aromatic carbocycles. The third-order valence-electron chi connectivity index (χ3n) is 3.30. The summed E-state index contributed by atoms with van der Waals surface area (Å²) in [6.45, 7) is 0. The fraction of sp³-hybridized carbons (Fsp3) is 0.333. The highest BCUT2D eigenvalue weighted by Crippen LogP contribution is 2.10. The Labute approximate surface area is 126 Å². The predicted molar refractivity (Wildman–Crippen MR) is 81.5 cm³/mol. The van der Waals surface area contributed by atoms with Crippen LogP contribution in [0.15, 0.2) is 42.7 Å². The minimum absolute atomic E-state index is 0.281. The zero-order valence-corrected chi connectivity index (χ0v) is 12.6. The topological polar surface area (TPSA) is 72.2 Å². The molecule has 5 nitrogen and oxygen atoms in total. The van der Waals surface area contributed by atoms with Crippen molar-refractivity contribution in [3.8, 4) is 0 Å². The average molecular weight is 306 g/mol. The van der Waals surface area contributed by atoms with Crippen LogP contribution >= 0.6 is 0 Å². The van der Waals surface area contributed by atoms with Crippen molar-refractivity contribution in [3.05, 3.63) is 54.1 Å². The number of aliphatic carboxylic acids is 1. The molecular formula is C15H18N2O3S. The highest BCUT2D eigenvalue weighted by atomic mass is 32.2. The highest BCUT2D eigenvalue weighted by molar-refractivity contribution is 7.86. The van der Waals surface area contributed by atoms with Crippen molar-refractivity contribution in [3.63, 3.8) is 0 Å². The Balaban J connectivity index is 1.99. The summed E-state index contributed by atoms with van der Waals surface area (Å²) in [5, 5.41) is 8.42. The normalized spacial score (nSPS) is 13.8. The molecule has 2 unspecified atom stereocenters. The zero-order chi connectivity index (χ0) is 15.2. The molecule has 2 atom stereocenters. The zero-order valence-electron chi connectivity index (χ0n) is 11.8. The first-order valence-electron chi connectivity index (χ1n) is 6.68. The largest absolute Gasteiger partial charge is 0.480 e. The smallest absolute Gasteiger partial charge is 0.319 e. The maximum absolute atomic E-state index is 12.3. The molecule has 21 heavy (non-hydrogen) atoms. The van der Waals surface area contributed by atoms with E-state index < -0.39 is 22.0 Å². The van der Waals surface area contributed by atoms with Crippen molar-refractivity contribution >= 4 is 16.8 Å². The lowest BCUT2D eigenvalue weighted by Gasteiger charge is -2.12. The van der Waals surface area contributed by atoms with E-state index in [0.717, 1.165) is 11.4 Å². The van der Waals surface area contributed by atoms with E-state index in [-0.39, 0.29) is 6.42 Å². The second-order valence-electron chi connectivity index (χ2n) is 4.81. The van der Waals surface area contributed by atoms with Gasteiger partial charge in [0.25, 0.3) is 0 Å². The number of carboxylic acids is 1. The van der Waals surface area contributed by atoms with Gasteiger partial charge in [-0.25, -0.2) is 4.98 Å². The third-order valence-corrected chi connectivity index (χ3v) is 4.91. The number of aromatic nitrogens is 2. The second kappa shape index (κ2) is 7.17. The van der Waals surface area contributed by atoms with E-state index in [1.165, 1.54) is 0 Å². The lowest BCUT2D eigenvalue weighted by atomic mass is 10.1. The average Bonchev–Trinajstić information content (AvgIpc) is 2.88. The molecule has 2 rings (SSSR count). The van der Waals surface area contributed by atoms with E-state index in [4.69, 9.17) is 0 Å². The van der Waals surface area contributed by atoms with Gasteiger partial charge in [-0.1, -0.05) is 30.3 Å². The molecule has 1 N–H and O–H groups in total. The van der Waals surface area contributed by atoms with Gasteiger partial charge < -0.3 is 9.67 Å². The number of benzene rings is 1. The van der Waals surface area contributed by atoms with Gasteiger partial charge in [0, 0.05) is 42.4 Å². The first-order chi connectivity index (χ1) is 10.1. The Bertz CT molecular complexity index is 625. The minimum atomic E-state index is -1.43. The number of rotatable bonds is 7. The summed E-state index contributed by atoms with van der Waals surface area (Å²) in [5.74, 6) is 0.0958. The van der Waals surface area contributed by atoms with Gasteiger partial charge in [-0.3, -0.25) is 9.00 Å². The van der Waals surface area contributed by atoms with Crippen LogP contribution in [0.1, 0.15) is 11.4 Å². The quantitative estimate of drug-likeness (QED) is 0.839. The molecule has 112 valence electrons. The van der Waals surface area contributed by atoms with E-state index in [2.05, 4.69) is 4.98 Å². The number of nitrogens with zero attached hydrogens (tertiary/aromatic N) is 2. The molecule has 1 aromatic heterocycles. The van der Waals surface area contributed by atoms with Crippen LogP contribution < -0.4 is 0 Å². The van der Waals surface area contributed by atoms with Crippen LogP contribution in [0.2, 0.25) is 0 Å². The number of hydrogen-bond acceptors (Lipinski definition) is 3. The summed E-state index contributed by atoms with van der Waals surface area (Å²) in [6, 6.07) is 9.28. The molecule has 0 aliphatic rings. The Morgan fingerprint density at radius 1 is 1.38 bits per heavy atom. The summed E-state index contributed by atoms with van der Waals surface area (Å²) in [4.78, 5) is 15.5. The fourth-order valence-corrected chi connectivity index (χ4v) is 3.36. The van der Waals surface area contributed by atoms with Crippen molar-refractivity contribution in [2.75, 3.05) is 5.75 Å². The van der Waals surface area contributed by atoms with Gasteiger partial charge in [0.05, 0.1) is 0 Å².